The molecule has 0 fully saturated rings. The zero-order valence-corrected chi connectivity index (χ0v) is 9.52. The molecular weight excluding hydrogens is 240 g/mol. The molecule has 0 aliphatic heterocycles. The standard InChI is InChI=1S/C13H9ClO3/c14-9-4-3-5-10(8-9)17-12-7-2-1-6-11(12)13(15)16/h1-8H,(H,15,16). The zero-order chi connectivity index (χ0) is 12.3. The predicted molar refractivity (Wildman–Crippen MR) is 64.9 cm³/mol. The number of carbonyl (C=O) groups is 1. The summed E-state index contributed by atoms with van der Waals surface area (Å²) in [6, 6.07) is 13.2. The Morgan fingerprint density at radius 1 is 1.12 bits per heavy atom. The van der Waals surface area contributed by atoms with Crippen LogP contribution in [0.25, 0.3) is 0 Å². The van der Waals surface area contributed by atoms with E-state index in [1.165, 1.54) is 6.07 Å². The first kappa shape index (κ1) is 11.5. The molecule has 2 rings (SSSR count). The first-order valence-electron chi connectivity index (χ1n) is 4.92. The summed E-state index contributed by atoms with van der Waals surface area (Å²) in [5, 5.41) is 9.53. The van der Waals surface area contributed by atoms with Crippen LogP contribution >= 0.6 is 11.6 Å². The molecule has 2 aromatic rings. The lowest BCUT2D eigenvalue weighted by molar-refractivity contribution is 0.0694. The normalized spacial score (nSPS) is 9.94. The van der Waals surface area contributed by atoms with Gasteiger partial charge in [-0.15, -0.1) is 0 Å². The van der Waals surface area contributed by atoms with E-state index in [1.54, 1.807) is 42.5 Å². The predicted octanol–water partition coefficient (Wildman–Crippen LogP) is 3.83. The molecule has 0 aromatic heterocycles. The van der Waals surface area contributed by atoms with Crippen LogP contribution < -0.4 is 4.74 Å². The van der Waals surface area contributed by atoms with Crippen LogP contribution in [0.15, 0.2) is 48.5 Å². The Balaban J connectivity index is 2.33. The Bertz CT molecular complexity index is 552. The minimum atomic E-state index is -1.03. The number of halogens is 1. The van der Waals surface area contributed by atoms with Gasteiger partial charge < -0.3 is 9.84 Å². The van der Waals surface area contributed by atoms with E-state index in [0.717, 1.165) is 0 Å². The van der Waals surface area contributed by atoms with Gasteiger partial charge in [0.05, 0.1) is 0 Å². The van der Waals surface area contributed by atoms with Crippen molar-refractivity contribution in [2.45, 2.75) is 0 Å². The first-order valence-corrected chi connectivity index (χ1v) is 5.30. The van der Waals surface area contributed by atoms with E-state index in [2.05, 4.69) is 0 Å². The number of hydrogen-bond acceptors (Lipinski definition) is 2. The summed E-state index contributed by atoms with van der Waals surface area (Å²) >= 11 is 5.82. The molecule has 0 spiro atoms. The van der Waals surface area contributed by atoms with Crippen LogP contribution in [0.3, 0.4) is 0 Å². The van der Waals surface area contributed by atoms with Gasteiger partial charge in [-0.25, -0.2) is 4.79 Å². The van der Waals surface area contributed by atoms with Crippen LogP contribution in [0.4, 0.5) is 0 Å². The molecule has 0 heterocycles. The van der Waals surface area contributed by atoms with Gasteiger partial charge in [0, 0.05) is 5.02 Å². The Hall–Kier alpha value is -2.00. The highest BCUT2D eigenvalue weighted by Crippen LogP contribution is 2.26. The van der Waals surface area contributed by atoms with Gasteiger partial charge >= 0.3 is 5.97 Å². The molecule has 0 radical (unpaired) electrons. The highest BCUT2D eigenvalue weighted by atomic mass is 35.5. The van der Waals surface area contributed by atoms with Crippen molar-refractivity contribution in [2.75, 3.05) is 0 Å². The number of para-hydroxylation sites is 1. The average molecular weight is 249 g/mol. The molecule has 0 bridgehead atoms. The maximum atomic E-state index is 11.0. The molecule has 3 nitrogen and oxygen atoms in total. The van der Waals surface area contributed by atoms with Crippen molar-refractivity contribution in [3.63, 3.8) is 0 Å². The minimum Gasteiger partial charge on any atom is -0.478 e. The summed E-state index contributed by atoms with van der Waals surface area (Å²) in [5.74, 6) is -0.226. The number of ether oxygens (including phenoxy) is 1. The monoisotopic (exact) mass is 248 g/mol. The summed E-state index contributed by atoms with van der Waals surface area (Å²) < 4.78 is 5.49. The van der Waals surface area contributed by atoms with Crippen LogP contribution in [0.2, 0.25) is 5.02 Å². The second kappa shape index (κ2) is 4.89. The van der Waals surface area contributed by atoms with E-state index in [-0.39, 0.29) is 5.56 Å². The molecular formula is C13H9ClO3. The van der Waals surface area contributed by atoms with Crippen molar-refractivity contribution in [3.05, 3.63) is 59.1 Å². The molecule has 0 saturated heterocycles. The quantitative estimate of drug-likeness (QED) is 0.898. The van der Waals surface area contributed by atoms with Crippen LogP contribution in [0.5, 0.6) is 11.5 Å². The van der Waals surface area contributed by atoms with Crippen molar-refractivity contribution < 1.29 is 14.6 Å². The summed E-state index contributed by atoms with van der Waals surface area (Å²) in [6.45, 7) is 0. The Labute approximate surface area is 103 Å². The van der Waals surface area contributed by atoms with Gasteiger partial charge in [0.2, 0.25) is 0 Å². The highest BCUT2D eigenvalue weighted by molar-refractivity contribution is 6.30. The number of carboxylic acids is 1. The smallest absolute Gasteiger partial charge is 0.339 e. The molecule has 4 heteroatoms. The van der Waals surface area contributed by atoms with Crippen molar-refractivity contribution in [2.24, 2.45) is 0 Å². The topological polar surface area (TPSA) is 46.5 Å². The lowest BCUT2D eigenvalue weighted by atomic mass is 10.2. The van der Waals surface area contributed by atoms with Crippen LogP contribution in [0, 0.1) is 0 Å². The van der Waals surface area contributed by atoms with Gasteiger partial charge in [-0.1, -0.05) is 29.8 Å². The largest absolute Gasteiger partial charge is 0.478 e. The number of benzene rings is 2. The third kappa shape index (κ3) is 2.77. The van der Waals surface area contributed by atoms with E-state index in [1.807, 2.05) is 0 Å². The molecule has 0 atom stereocenters. The molecule has 0 saturated carbocycles. The lowest BCUT2D eigenvalue weighted by Crippen LogP contribution is -1.99. The van der Waals surface area contributed by atoms with Crippen LogP contribution in [-0.4, -0.2) is 11.1 Å². The number of rotatable bonds is 3. The lowest BCUT2D eigenvalue weighted by Gasteiger charge is -2.08. The maximum absolute atomic E-state index is 11.0. The summed E-state index contributed by atoms with van der Waals surface area (Å²) in [6.07, 6.45) is 0. The number of aromatic carboxylic acids is 1. The van der Waals surface area contributed by atoms with Crippen LogP contribution in [-0.2, 0) is 0 Å². The molecule has 17 heavy (non-hydrogen) atoms. The molecule has 0 amide bonds. The van der Waals surface area contributed by atoms with Gasteiger partial charge in [-0.2, -0.15) is 0 Å². The van der Waals surface area contributed by atoms with Gasteiger partial charge in [0.25, 0.3) is 0 Å². The van der Waals surface area contributed by atoms with Crippen molar-refractivity contribution in [1.29, 1.82) is 0 Å². The van der Waals surface area contributed by atoms with Gasteiger partial charge in [-0.05, 0) is 30.3 Å². The fourth-order valence-electron chi connectivity index (χ4n) is 1.39. The fraction of sp³-hybridized carbons (Fsp3) is 0. The third-order valence-electron chi connectivity index (χ3n) is 2.14. The molecule has 0 aliphatic rings. The molecule has 1 N–H and O–H groups in total. The summed E-state index contributed by atoms with van der Waals surface area (Å²) in [4.78, 5) is 11.0. The summed E-state index contributed by atoms with van der Waals surface area (Å²) in [5.41, 5.74) is 0.118. The Morgan fingerprint density at radius 2 is 1.88 bits per heavy atom. The van der Waals surface area contributed by atoms with Gasteiger partial charge in [0.15, 0.2) is 0 Å². The Kier molecular flexibility index (Phi) is 3.30. The second-order valence-corrected chi connectivity index (χ2v) is 3.80. The van der Waals surface area contributed by atoms with E-state index in [9.17, 15) is 4.79 Å². The molecule has 2 aromatic carbocycles. The molecule has 0 aliphatic carbocycles. The van der Waals surface area contributed by atoms with Crippen molar-refractivity contribution in [1.82, 2.24) is 0 Å². The van der Waals surface area contributed by atoms with Gasteiger partial charge in [-0.3, -0.25) is 0 Å². The van der Waals surface area contributed by atoms with E-state index >= 15 is 0 Å². The Morgan fingerprint density at radius 3 is 2.59 bits per heavy atom. The second-order valence-electron chi connectivity index (χ2n) is 3.36. The van der Waals surface area contributed by atoms with Crippen molar-refractivity contribution in [3.8, 4) is 11.5 Å². The molecule has 86 valence electrons. The third-order valence-corrected chi connectivity index (χ3v) is 2.38. The minimum absolute atomic E-state index is 0.118. The SMILES string of the molecule is O=C(O)c1ccccc1Oc1cccc(Cl)c1. The maximum Gasteiger partial charge on any atom is 0.339 e. The van der Waals surface area contributed by atoms with E-state index in [4.69, 9.17) is 21.4 Å². The first-order chi connectivity index (χ1) is 8.16. The van der Waals surface area contributed by atoms with E-state index < -0.39 is 5.97 Å². The fourth-order valence-corrected chi connectivity index (χ4v) is 1.57. The highest BCUT2D eigenvalue weighted by Gasteiger charge is 2.10. The van der Waals surface area contributed by atoms with Gasteiger partial charge in [0.1, 0.15) is 17.1 Å². The number of carboxylic acid groups (broad SMARTS) is 1. The van der Waals surface area contributed by atoms with Crippen molar-refractivity contribution >= 4 is 17.6 Å². The number of hydrogen-bond donors (Lipinski definition) is 1. The molecule has 0 unspecified atom stereocenters. The van der Waals surface area contributed by atoms with E-state index in [0.29, 0.717) is 16.5 Å². The summed E-state index contributed by atoms with van der Waals surface area (Å²) in [7, 11) is 0. The average Bonchev–Trinajstić information content (AvgIpc) is 2.29. The van der Waals surface area contributed by atoms with Crippen LogP contribution in [0.1, 0.15) is 10.4 Å². The zero-order valence-electron chi connectivity index (χ0n) is 8.76.